The molecule has 0 spiro atoms. The molecule has 234 valence electrons. The SMILES string of the molecule is CCCN1C2=C(C(=O)CC(C)(C)C2)C(c2cc(Cl)c(OCc3cccc([N+](=O)[O-])c3)c(OCC)c2)C2=C1CC(C)(C)CC2=O. The Balaban J connectivity index is 1.64. The van der Waals surface area contributed by atoms with Crippen molar-refractivity contribution in [2.45, 2.75) is 86.2 Å². The van der Waals surface area contributed by atoms with Crippen LogP contribution in [-0.4, -0.2) is 34.5 Å². The van der Waals surface area contributed by atoms with Crippen LogP contribution in [-0.2, 0) is 16.2 Å². The fourth-order valence-corrected chi connectivity index (χ4v) is 7.22. The number of carbonyl (C=O) groups excluding carboxylic acids is 2. The zero-order valence-corrected chi connectivity index (χ0v) is 27.2. The molecule has 0 bridgehead atoms. The van der Waals surface area contributed by atoms with Gasteiger partial charge in [-0.25, -0.2) is 0 Å². The van der Waals surface area contributed by atoms with Gasteiger partial charge in [-0.3, -0.25) is 19.7 Å². The van der Waals surface area contributed by atoms with Crippen molar-refractivity contribution >= 4 is 28.9 Å². The number of carbonyl (C=O) groups is 2. The summed E-state index contributed by atoms with van der Waals surface area (Å²) in [6, 6.07) is 9.86. The molecule has 0 amide bonds. The standard InChI is InChI=1S/C35H41ClN2O6/c1-7-12-37-25-16-34(3,4)18-27(39)31(25)30(32-26(37)17-35(5,6)19-28(32)40)22-14-24(36)33(29(15-22)43-8-2)44-20-21-10-9-11-23(13-21)38(41)42/h9-11,13-15,30H,7-8,12,16-20H2,1-6H3. The van der Waals surface area contributed by atoms with E-state index in [1.807, 2.05) is 13.0 Å². The van der Waals surface area contributed by atoms with Crippen molar-refractivity contribution in [2.75, 3.05) is 13.2 Å². The van der Waals surface area contributed by atoms with E-state index in [0.717, 1.165) is 42.8 Å². The summed E-state index contributed by atoms with van der Waals surface area (Å²) in [5.74, 6) is 0.275. The first kappa shape index (κ1) is 31.8. The minimum atomic E-state index is -0.553. The number of Topliss-reactive ketones (excluding diaryl/α,β-unsaturated/α-hetero) is 2. The van der Waals surface area contributed by atoms with Crippen molar-refractivity contribution in [1.29, 1.82) is 0 Å². The molecule has 0 saturated heterocycles. The highest BCUT2D eigenvalue weighted by molar-refractivity contribution is 6.32. The highest BCUT2D eigenvalue weighted by Gasteiger charge is 2.49. The Morgan fingerprint density at radius 1 is 0.932 bits per heavy atom. The summed E-state index contributed by atoms with van der Waals surface area (Å²) in [5.41, 5.74) is 4.32. The van der Waals surface area contributed by atoms with Gasteiger partial charge < -0.3 is 14.4 Å². The first-order valence-electron chi connectivity index (χ1n) is 15.4. The molecule has 2 aromatic rings. The number of hydrogen-bond donors (Lipinski definition) is 0. The van der Waals surface area contributed by atoms with E-state index in [0.29, 0.717) is 47.7 Å². The lowest BCUT2D eigenvalue weighted by Gasteiger charge is -2.49. The third-order valence-electron chi connectivity index (χ3n) is 8.64. The van der Waals surface area contributed by atoms with Gasteiger partial charge in [0.2, 0.25) is 0 Å². The predicted octanol–water partition coefficient (Wildman–Crippen LogP) is 8.32. The molecular formula is C35H41ClN2O6. The van der Waals surface area contributed by atoms with Crippen molar-refractivity contribution in [3.8, 4) is 11.5 Å². The molecule has 0 atom stereocenters. The van der Waals surface area contributed by atoms with Gasteiger partial charge in [-0.05, 0) is 60.3 Å². The van der Waals surface area contributed by atoms with Crippen LogP contribution in [0, 0.1) is 20.9 Å². The summed E-state index contributed by atoms with van der Waals surface area (Å²) >= 11 is 6.90. The summed E-state index contributed by atoms with van der Waals surface area (Å²) in [7, 11) is 0. The number of allylic oxidation sites excluding steroid dienone is 4. The quantitative estimate of drug-likeness (QED) is 0.205. The molecule has 5 rings (SSSR count). The number of ether oxygens (including phenoxy) is 2. The lowest BCUT2D eigenvalue weighted by molar-refractivity contribution is -0.384. The van der Waals surface area contributed by atoms with E-state index in [2.05, 4.69) is 39.5 Å². The number of halogens is 1. The fourth-order valence-electron chi connectivity index (χ4n) is 6.95. The number of nitro benzene ring substituents is 1. The van der Waals surface area contributed by atoms with Crippen molar-refractivity contribution in [3.63, 3.8) is 0 Å². The van der Waals surface area contributed by atoms with Gasteiger partial charge in [-0.1, -0.05) is 58.4 Å². The maximum atomic E-state index is 14.0. The van der Waals surface area contributed by atoms with Crippen molar-refractivity contribution in [1.82, 2.24) is 4.90 Å². The van der Waals surface area contributed by atoms with Gasteiger partial charge in [0.05, 0.1) is 16.6 Å². The topological polar surface area (TPSA) is 99.0 Å². The third kappa shape index (κ3) is 6.14. The third-order valence-corrected chi connectivity index (χ3v) is 8.92. The van der Waals surface area contributed by atoms with Crippen molar-refractivity contribution < 1.29 is 24.0 Å². The first-order chi connectivity index (χ1) is 20.7. The second-order valence-electron chi connectivity index (χ2n) is 13.7. The molecule has 2 aromatic carbocycles. The normalized spacial score (nSPS) is 19.6. The van der Waals surface area contributed by atoms with Gasteiger partial charge in [0, 0.05) is 60.0 Å². The molecule has 1 heterocycles. The predicted molar refractivity (Wildman–Crippen MR) is 170 cm³/mol. The van der Waals surface area contributed by atoms with Crippen LogP contribution in [0.5, 0.6) is 11.5 Å². The average Bonchev–Trinajstić information content (AvgIpc) is 2.92. The van der Waals surface area contributed by atoms with E-state index in [9.17, 15) is 19.7 Å². The van der Waals surface area contributed by atoms with Crippen molar-refractivity contribution in [3.05, 3.63) is 85.2 Å². The molecular weight excluding hydrogens is 580 g/mol. The largest absolute Gasteiger partial charge is 0.490 e. The van der Waals surface area contributed by atoms with Gasteiger partial charge >= 0.3 is 0 Å². The minimum Gasteiger partial charge on any atom is -0.490 e. The van der Waals surface area contributed by atoms with Crippen LogP contribution in [0.15, 0.2) is 58.9 Å². The van der Waals surface area contributed by atoms with Gasteiger partial charge in [-0.15, -0.1) is 0 Å². The first-order valence-corrected chi connectivity index (χ1v) is 15.8. The summed E-state index contributed by atoms with van der Waals surface area (Å²) in [4.78, 5) is 41.1. The molecule has 0 unspecified atom stereocenters. The van der Waals surface area contributed by atoms with E-state index in [1.54, 1.807) is 18.2 Å². The molecule has 3 aliphatic rings. The summed E-state index contributed by atoms with van der Waals surface area (Å²) in [6.45, 7) is 13.6. The number of rotatable bonds is 9. The van der Waals surface area contributed by atoms with Crippen LogP contribution in [0.25, 0.3) is 0 Å². The molecule has 8 nitrogen and oxygen atoms in total. The molecule has 9 heteroatoms. The number of benzene rings is 2. The van der Waals surface area contributed by atoms with Crippen LogP contribution >= 0.6 is 11.6 Å². The molecule has 0 saturated carbocycles. The number of ketones is 2. The van der Waals surface area contributed by atoms with Crippen LogP contribution < -0.4 is 9.47 Å². The Kier molecular flexibility index (Phi) is 8.69. The Hall–Kier alpha value is -3.65. The molecule has 2 aliphatic carbocycles. The lowest BCUT2D eigenvalue weighted by Crippen LogP contribution is -2.44. The van der Waals surface area contributed by atoms with Crippen LogP contribution in [0.2, 0.25) is 5.02 Å². The number of hydrogen-bond acceptors (Lipinski definition) is 7. The van der Waals surface area contributed by atoms with E-state index < -0.39 is 10.8 Å². The minimum absolute atomic E-state index is 0.0270. The highest BCUT2D eigenvalue weighted by atomic mass is 35.5. The van der Waals surface area contributed by atoms with Crippen LogP contribution in [0.1, 0.15) is 90.7 Å². The molecule has 0 radical (unpaired) electrons. The summed E-state index contributed by atoms with van der Waals surface area (Å²) in [5, 5.41) is 11.5. The Bertz CT molecular complexity index is 1530. The van der Waals surface area contributed by atoms with Crippen LogP contribution in [0.4, 0.5) is 5.69 Å². The van der Waals surface area contributed by atoms with Gasteiger partial charge in [0.25, 0.3) is 5.69 Å². The zero-order valence-electron chi connectivity index (χ0n) is 26.4. The summed E-state index contributed by atoms with van der Waals surface area (Å²) < 4.78 is 12.1. The molecule has 0 N–H and O–H groups in total. The monoisotopic (exact) mass is 620 g/mol. The Morgan fingerprint density at radius 3 is 2.09 bits per heavy atom. The number of nitro groups is 1. The molecule has 1 aliphatic heterocycles. The van der Waals surface area contributed by atoms with Gasteiger partial charge in [0.1, 0.15) is 6.61 Å². The lowest BCUT2D eigenvalue weighted by atomic mass is 9.63. The average molecular weight is 621 g/mol. The molecule has 0 aromatic heterocycles. The smallest absolute Gasteiger partial charge is 0.269 e. The second kappa shape index (κ2) is 12.0. The molecule has 0 fully saturated rings. The summed E-state index contributed by atoms with van der Waals surface area (Å²) in [6.07, 6.45) is 3.18. The van der Waals surface area contributed by atoms with E-state index in [4.69, 9.17) is 21.1 Å². The number of non-ortho nitro benzene ring substituents is 1. The molecule has 44 heavy (non-hydrogen) atoms. The highest BCUT2D eigenvalue weighted by Crippen LogP contribution is 2.55. The number of nitrogens with zero attached hydrogens (tertiary/aromatic N) is 2. The maximum Gasteiger partial charge on any atom is 0.269 e. The van der Waals surface area contributed by atoms with Crippen LogP contribution in [0.3, 0.4) is 0 Å². The van der Waals surface area contributed by atoms with Crippen molar-refractivity contribution in [2.24, 2.45) is 10.8 Å². The zero-order chi connectivity index (χ0) is 32.0. The Morgan fingerprint density at radius 2 is 1.55 bits per heavy atom. The second-order valence-corrected chi connectivity index (χ2v) is 14.1. The van der Waals surface area contributed by atoms with E-state index in [-0.39, 0.29) is 39.7 Å². The van der Waals surface area contributed by atoms with Gasteiger partial charge in [-0.2, -0.15) is 0 Å². The fraction of sp³-hybridized carbons (Fsp3) is 0.486. The Labute approximate surface area is 264 Å². The maximum absolute atomic E-state index is 14.0. The van der Waals surface area contributed by atoms with E-state index in [1.165, 1.54) is 12.1 Å². The van der Waals surface area contributed by atoms with Gasteiger partial charge in [0.15, 0.2) is 23.1 Å². The van der Waals surface area contributed by atoms with E-state index >= 15 is 0 Å².